The Kier molecular flexibility index (Phi) is 6.63. The average molecular weight is 347 g/mol. The molecule has 3 N–H and O–H groups in total. The first-order chi connectivity index (χ1) is 11.6. The van der Waals surface area contributed by atoms with E-state index in [2.05, 4.69) is 5.32 Å². The van der Waals surface area contributed by atoms with Crippen LogP contribution in [0.5, 0.6) is 5.75 Å². The van der Waals surface area contributed by atoms with E-state index in [0.29, 0.717) is 29.4 Å². The van der Waals surface area contributed by atoms with E-state index in [1.807, 2.05) is 18.2 Å². The molecule has 0 aliphatic heterocycles. The molecule has 0 saturated heterocycles. The van der Waals surface area contributed by atoms with Gasteiger partial charge in [-0.3, -0.25) is 9.59 Å². The summed E-state index contributed by atoms with van der Waals surface area (Å²) < 4.78 is 5.52. The van der Waals surface area contributed by atoms with E-state index in [4.69, 9.17) is 22.1 Å². The predicted octanol–water partition coefficient (Wildman–Crippen LogP) is 2.84. The van der Waals surface area contributed by atoms with Crippen LogP contribution < -0.4 is 15.8 Å². The molecule has 0 aromatic heterocycles. The van der Waals surface area contributed by atoms with Gasteiger partial charge in [-0.1, -0.05) is 54.1 Å². The van der Waals surface area contributed by atoms with Crippen LogP contribution in [0.4, 0.5) is 0 Å². The molecule has 1 unspecified atom stereocenters. The van der Waals surface area contributed by atoms with Crippen molar-refractivity contribution in [2.45, 2.75) is 18.9 Å². The Morgan fingerprint density at radius 2 is 1.75 bits per heavy atom. The summed E-state index contributed by atoms with van der Waals surface area (Å²) in [5.74, 6) is -0.272. The number of amides is 2. The summed E-state index contributed by atoms with van der Waals surface area (Å²) in [6, 6.07) is 15.2. The lowest BCUT2D eigenvalue weighted by Gasteiger charge is -2.16. The Labute approximate surface area is 145 Å². The van der Waals surface area contributed by atoms with Crippen LogP contribution in [0.2, 0.25) is 5.02 Å². The molecule has 24 heavy (non-hydrogen) atoms. The minimum atomic E-state index is -0.830. The van der Waals surface area contributed by atoms with Crippen LogP contribution in [0, 0.1) is 0 Å². The van der Waals surface area contributed by atoms with E-state index in [1.165, 1.54) is 0 Å². The van der Waals surface area contributed by atoms with E-state index in [-0.39, 0.29) is 12.3 Å². The SMILES string of the molecule is NC(=O)C(NC(=O)CCCOc1ccccc1Cl)c1ccccc1. The van der Waals surface area contributed by atoms with E-state index in [0.717, 1.165) is 0 Å². The van der Waals surface area contributed by atoms with Crippen LogP contribution in [0.25, 0.3) is 0 Å². The van der Waals surface area contributed by atoms with Crippen molar-refractivity contribution >= 4 is 23.4 Å². The van der Waals surface area contributed by atoms with Gasteiger partial charge >= 0.3 is 0 Å². The van der Waals surface area contributed by atoms with Crippen LogP contribution in [-0.4, -0.2) is 18.4 Å². The van der Waals surface area contributed by atoms with Crippen molar-refractivity contribution in [3.63, 3.8) is 0 Å². The summed E-state index contributed by atoms with van der Waals surface area (Å²) >= 11 is 5.98. The first-order valence-corrected chi connectivity index (χ1v) is 7.96. The lowest BCUT2D eigenvalue weighted by molar-refractivity contribution is -0.127. The Hall–Kier alpha value is -2.53. The number of carbonyl (C=O) groups is 2. The monoisotopic (exact) mass is 346 g/mol. The number of hydrogen-bond acceptors (Lipinski definition) is 3. The summed E-state index contributed by atoms with van der Waals surface area (Å²) in [6.45, 7) is 0.351. The van der Waals surface area contributed by atoms with Gasteiger partial charge in [0.05, 0.1) is 11.6 Å². The molecule has 0 saturated carbocycles. The van der Waals surface area contributed by atoms with Gasteiger partial charge in [-0.05, 0) is 24.1 Å². The van der Waals surface area contributed by atoms with Crippen molar-refractivity contribution in [3.05, 3.63) is 65.2 Å². The summed E-state index contributed by atoms with van der Waals surface area (Å²) in [5, 5.41) is 3.18. The minimum Gasteiger partial charge on any atom is -0.492 e. The first kappa shape index (κ1) is 17.8. The second kappa shape index (κ2) is 8.93. The fraction of sp³-hybridized carbons (Fsp3) is 0.222. The van der Waals surface area contributed by atoms with E-state index < -0.39 is 11.9 Å². The highest BCUT2D eigenvalue weighted by Crippen LogP contribution is 2.23. The number of para-hydroxylation sites is 1. The number of ether oxygens (including phenoxy) is 1. The molecule has 0 heterocycles. The number of hydrogen-bond donors (Lipinski definition) is 2. The highest BCUT2D eigenvalue weighted by Gasteiger charge is 2.19. The van der Waals surface area contributed by atoms with Gasteiger partial charge in [0.25, 0.3) is 0 Å². The fourth-order valence-electron chi connectivity index (χ4n) is 2.17. The summed E-state index contributed by atoms with van der Waals surface area (Å²) in [4.78, 5) is 23.6. The number of nitrogens with two attached hydrogens (primary N) is 1. The van der Waals surface area contributed by atoms with Crippen molar-refractivity contribution < 1.29 is 14.3 Å². The van der Waals surface area contributed by atoms with Crippen LogP contribution in [0.15, 0.2) is 54.6 Å². The van der Waals surface area contributed by atoms with Crippen molar-refractivity contribution in [2.24, 2.45) is 5.73 Å². The van der Waals surface area contributed by atoms with E-state index in [9.17, 15) is 9.59 Å². The predicted molar refractivity (Wildman–Crippen MR) is 92.7 cm³/mol. The zero-order chi connectivity index (χ0) is 17.4. The highest BCUT2D eigenvalue weighted by atomic mass is 35.5. The standard InChI is InChI=1S/C18H19ClN2O3/c19-14-9-4-5-10-15(14)24-12-6-11-16(22)21-17(18(20)23)13-7-2-1-3-8-13/h1-5,7-10,17H,6,11-12H2,(H2,20,23)(H,21,22). The molecule has 1 atom stereocenters. The maximum Gasteiger partial charge on any atom is 0.244 e. The number of carbonyl (C=O) groups excluding carboxylic acids is 2. The van der Waals surface area contributed by atoms with Gasteiger partial charge < -0.3 is 15.8 Å². The smallest absolute Gasteiger partial charge is 0.244 e. The molecule has 6 heteroatoms. The molecule has 2 aromatic carbocycles. The van der Waals surface area contributed by atoms with Crippen molar-refractivity contribution in [1.29, 1.82) is 0 Å². The summed E-state index contributed by atoms with van der Waals surface area (Å²) in [7, 11) is 0. The molecule has 0 fully saturated rings. The molecule has 0 spiro atoms. The third kappa shape index (κ3) is 5.28. The van der Waals surface area contributed by atoms with Crippen molar-refractivity contribution in [3.8, 4) is 5.75 Å². The number of benzene rings is 2. The van der Waals surface area contributed by atoms with Gasteiger partial charge in [-0.25, -0.2) is 0 Å². The van der Waals surface area contributed by atoms with Gasteiger partial charge in [-0.2, -0.15) is 0 Å². The van der Waals surface area contributed by atoms with Gasteiger partial charge in [0.2, 0.25) is 11.8 Å². The Morgan fingerprint density at radius 3 is 2.42 bits per heavy atom. The van der Waals surface area contributed by atoms with Gasteiger partial charge in [0, 0.05) is 6.42 Å². The molecule has 2 aromatic rings. The van der Waals surface area contributed by atoms with Crippen LogP contribution in [0.1, 0.15) is 24.4 Å². The maximum absolute atomic E-state index is 12.0. The van der Waals surface area contributed by atoms with Gasteiger partial charge in [0.15, 0.2) is 0 Å². The van der Waals surface area contributed by atoms with E-state index >= 15 is 0 Å². The number of halogens is 1. The lowest BCUT2D eigenvalue weighted by Crippen LogP contribution is -2.37. The molecule has 126 valence electrons. The fourth-order valence-corrected chi connectivity index (χ4v) is 2.36. The molecule has 2 rings (SSSR count). The third-order valence-electron chi connectivity index (χ3n) is 3.37. The largest absolute Gasteiger partial charge is 0.492 e. The van der Waals surface area contributed by atoms with Crippen molar-refractivity contribution in [2.75, 3.05) is 6.61 Å². The van der Waals surface area contributed by atoms with Crippen LogP contribution in [0.3, 0.4) is 0 Å². The maximum atomic E-state index is 12.0. The first-order valence-electron chi connectivity index (χ1n) is 7.59. The molecule has 0 radical (unpaired) electrons. The third-order valence-corrected chi connectivity index (χ3v) is 3.68. The molecule has 2 amide bonds. The minimum absolute atomic E-state index is 0.223. The van der Waals surface area contributed by atoms with Gasteiger partial charge in [-0.15, -0.1) is 0 Å². The molecular formula is C18H19ClN2O3. The Bertz CT molecular complexity index is 692. The summed E-state index contributed by atoms with van der Waals surface area (Å²) in [5.41, 5.74) is 6.03. The number of primary amides is 1. The Morgan fingerprint density at radius 1 is 1.08 bits per heavy atom. The average Bonchev–Trinajstić information content (AvgIpc) is 2.58. The summed E-state index contributed by atoms with van der Waals surface area (Å²) in [6.07, 6.45) is 0.721. The second-order valence-corrected chi connectivity index (χ2v) is 5.60. The molecule has 0 bridgehead atoms. The number of rotatable bonds is 8. The Balaban J connectivity index is 1.80. The quantitative estimate of drug-likeness (QED) is 0.721. The zero-order valence-electron chi connectivity index (χ0n) is 13.1. The van der Waals surface area contributed by atoms with Crippen molar-refractivity contribution in [1.82, 2.24) is 5.32 Å². The lowest BCUT2D eigenvalue weighted by atomic mass is 10.1. The molecule has 0 aliphatic carbocycles. The van der Waals surface area contributed by atoms with Crippen LogP contribution >= 0.6 is 11.6 Å². The second-order valence-electron chi connectivity index (χ2n) is 5.20. The molecular weight excluding hydrogens is 328 g/mol. The van der Waals surface area contributed by atoms with Gasteiger partial charge in [0.1, 0.15) is 11.8 Å². The number of nitrogens with one attached hydrogen (secondary N) is 1. The molecule has 0 aliphatic rings. The highest BCUT2D eigenvalue weighted by molar-refractivity contribution is 6.32. The van der Waals surface area contributed by atoms with Crippen LogP contribution in [-0.2, 0) is 9.59 Å². The normalized spacial score (nSPS) is 11.5. The van der Waals surface area contributed by atoms with E-state index in [1.54, 1.807) is 36.4 Å². The zero-order valence-corrected chi connectivity index (χ0v) is 13.8. The molecule has 5 nitrogen and oxygen atoms in total. The topological polar surface area (TPSA) is 81.4 Å².